The summed E-state index contributed by atoms with van der Waals surface area (Å²) in [5.41, 5.74) is 3.30. The van der Waals surface area contributed by atoms with Crippen LogP contribution in [0.5, 0.6) is 0 Å². The molecular weight excluding hydrogens is 316 g/mol. The monoisotopic (exact) mass is 334 g/mol. The Morgan fingerprint density at radius 3 is 3.00 bits per heavy atom. The standard InChI is InChI=1S/C15H19BrN4/c1-10-14(11-4-3-5-12(16)8-11)19-15(18-10)13-9-20(2)7-6-17-13/h3-5,8,13,17H,6-7,9H2,1-2H3,(H,18,19). The molecule has 1 fully saturated rings. The maximum absolute atomic E-state index is 4.81. The first-order valence-electron chi connectivity index (χ1n) is 6.88. The molecule has 1 atom stereocenters. The molecule has 0 amide bonds. The van der Waals surface area contributed by atoms with E-state index in [2.05, 4.69) is 57.2 Å². The van der Waals surface area contributed by atoms with Crippen molar-refractivity contribution in [3.8, 4) is 11.3 Å². The number of imidazole rings is 1. The summed E-state index contributed by atoms with van der Waals surface area (Å²) in [6.07, 6.45) is 0. The van der Waals surface area contributed by atoms with Crippen LogP contribution in [-0.4, -0.2) is 41.5 Å². The number of piperazine rings is 1. The summed E-state index contributed by atoms with van der Waals surface area (Å²) in [6.45, 7) is 5.17. The zero-order valence-corrected chi connectivity index (χ0v) is 13.4. The van der Waals surface area contributed by atoms with Crippen molar-refractivity contribution in [1.29, 1.82) is 0 Å². The predicted octanol–water partition coefficient (Wildman–Crippen LogP) is 2.72. The number of aromatic nitrogens is 2. The maximum Gasteiger partial charge on any atom is 0.125 e. The summed E-state index contributed by atoms with van der Waals surface area (Å²) in [6, 6.07) is 8.56. The number of benzene rings is 1. The van der Waals surface area contributed by atoms with Crippen LogP contribution in [0.1, 0.15) is 17.6 Å². The Morgan fingerprint density at radius 1 is 1.40 bits per heavy atom. The summed E-state index contributed by atoms with van der Waals surface area (Å²) >= 11 is 3.52. The van der Waals surface area contributed by atoms with Gasteiger partial charge in [0.15, 0.2) is 0 Å². The van der Waals surface area contributed by atoms with Gasteiger partial charge in [-0.1, -0.05) is 28.1 Å². The number of aromatic amines is 1. The van der Waals surface area contributed by atoms with Crippen molar-refractivity contribution in [2.45, 2.75) is 13.0 Å². The number of halogens is 1. The van der Waals surface area contributed by atoms with Crippen LogP contribution in [0.2, 0.25) is 0 Å². The lowest BCUT2D eigenvalue weighted by Gasteiger charge is -2.29. The number of H-pyrrole nitrogens is 1. The van der Waals surface area contributed by atoms with Crippen LogP contribution in [-0.2, 0) is 0 Å². The lowest BCUT2D eigenvalue weighted by Crippen LogP contribution is -2.44. The van der Waals surface area contributed by atoms with E-state index in [0.717, 1.165) is 46.9 Å². The van der Waals surface area contributed by atoms with E-state index in [1.54, 1.807) is 0 Å². The maximum atomic E-state index is 4.81. The third-order valence-corrected chi connectivity index (χ3v) is 4.20. The molecule has 3 rings (SSSR count). The van der Waals surface area contributed by atoms with Crippen molar-refractivity contribution in [1.82, 2.24) is 20.2 Å². The van der Waals surface area contributed by atoms with E-state index in [1.165, 1.54) is 0 Å². The molecule has 0 bridgehead atoms. The van der Waals surface area contributed by atoms with Crippen molar-refractivity contribution >= 4 is 15.9 Å². The van der Waals surface area contributed by atoms with Crippen LogP contribution in [0.25, 0.3) is 11.3 Å². The SMILES string of the molecule is Cc1[nH]c(C2CN(C)CCN2)nc1-c1cccc(Br)c1. The molecule has 1 aromatic carbocycles. The fourth-order valence-corrected chi connectivity index (χ4v) is 3.04. The molecule has 2 N–H and O–H groups in total. The summed E-state index contributed by atoms with van der Waals surface area (Å²) in [7, 11) is 2.15. The highest BCUT2D eigenvalue weighted by molar-refractivity contribution is 9.10. The minimum atomic E-state index is 0.286. The van der Waals surface area contributed by atoms with Crippen LogP contribution in [0.3, 0.4) is 0 Å². The minimum Gasteiger partial charge on any atom is -0.344 e. The van der Waals surface area contributed by atoms with Gasteiger partial charge in [0, 0.05) is 35.4 Å². The topological polar surface area (TPSA) is 44.0 Å². The van der Waals surface area contributed by atoms with Crippen LogP contribution in [0, 0.1) is 6.92 Å². The molecule has 5 heteroatoms. The molecule has 2 aromatic rings. The Kier molecular flexibility index (Phi) is 3.92. The van der Waals surface area contributed by atoms with Crippen molar-refractivity contribution < 1.29 is 0 Å². The van der Waals surface area contributed by atoms with Crippen molar-refractivity contribution in [3.05, 3.63) is 40.3 Å². The molecule has 4 nitrogen and oxygen atoms in total. The molecule has 1 unspecified atom stereocenters. The van der Waals surface area contributed by atoms with E-state index in [0.29, 0.717) is 0 Å². The molecule has 1 aliphatic heterocycles. The largest absolute Gasteiger partial charge is 0.344 e. The number of hydrogen-bond acceptors (Lipinski definition) is 3. The van der Waals surface area contributed by atoms with Gasteiger partial charge in [0.2, 0.25) is 0 Å². The van der Waals surface area contributed by atoms with Crippen molar-refractivity contribution in [3.63, 3.8) is 0 Å². The van der Waals surface area contributed by atoms with E-state index in [4.69, 9.17) is 4.98 Å². The quantitative estimate of drug-likeness (QED) is 0.887. The van der Waals surface area contributed by atoms with Crippen molar-refractivity contribution in [2.24, 2.45) is 0 Å². The van der Waals surface area contributed by atoms with Crippen LogP contribution >= 0.6 is 15.9 Å². The summed E-state index contributed by atoms with van der Waals surface area (Å²) in [4.78, 5) is 10.6. The van der Waals surface area contributed by atoms with E-state index < -0.39 is 0 Å². The molecule has 2 heterocycles. The number of hydrogen-bond donors (Lipinski definition) is 2. The van der Waals surface area contributed by atoms with Crippen LogP contribution in [0.15, 0.2) is 28.7 Å². The van der Waals surface area contributed by atoms with Gasteiger partial charge in [-0.3, -0.25) is 0 Å². The van der Waals surface area contributed by atoms with E-state index in [1.807, 2.05) is 12.1 Å². The Bertz CT molecular complexity index is 608. The van der Waals surface area contributed by atoms with Gasteiger partial charge in [0.05, 0.1) is 11.7 Å². The van der Waals surface area contributed by atoms with Gasteiger partial charge in [-0.15, -0.1) is 0 Å². The lowest BCUT2D eigenvalue weighted by molar-refractivity contribution is 0.236. The van der Waals surface area contributed by atoms with Gasteiger partial charge in [0.1, 0.15) is 5.82 Å². The average Bonchev–Trinajstić information content (AvgIpc) is 2.81. The smallest absolute Gasteiger partial charge is 0.125 e. The predicted molar refractivity (Wildman–Crippen MR) is 84.7 cm³/mol. The summed E-state index contributed by atoms with van der Waals surface area (Å²) in [5.74, 6) is 1.03. The molecule has 20 heavy (non-hydrogen) atoms. The number of rotatable bonds is 2. The third kappa shape index (κ3) is 2.80. The highest BCUT2D eigenvalue weighted by Gasteiger charge is 2.22. The highest BCUT2D eigenvalue weighted by atomic mass is 79.9. The van der Waals surface area contributed by atoms with E-state index in [9.17, 15) is 0 Å². The Labute approximate surface area is 127 Å². The molecule has 1 saturated heterocycles. The van der Waals surface area contributed by atoms with Crippen molar-refractivity contribution in [2.75, 3.05) is 26.7 Å². The summed E-state index contributed by atoms with van der Waals surface area (Å²) in [5, 5.41) is 3.52. The van der Waals surface area contributed by atoms with Gasteiger partial charge in [0.25, 0.3) is 0 Å². The molecule has 1 aliphatic rings. The fraction of sp³-hybridized carbons (Fsp3) is 0.400. The lowest BCUT2D eigenvalue weighted by atomic mass is 10.1. The minimum absolute atomic E-state index is 0.286. The Balaban J connectivity index is 1.91. The van der Waals surface area contributed by atoms with E-state index >= 15 is 0 Å². The normalized spacial score (nSPS) is 20.2. The zero-order valence-electron chi connectivity index (χ0n) is 11.8. The molecular formula is C15H19BrN4. The molecule has 0 radical (unpaired) electrons. The van der Waals surface area contributed by atoms with Gasteiger partial charge in [-0.05, 0) is 26.1 Å². The number of likely N-dealkylation sites (N-methyl/N-ethyl adjacent to an activating group) is 1. The number of nitrogens with zero attached hydrogens (tertiary/aromatic N) is 2. The van der Waals surface area contributed by atoms with E-state index in [-0.39, 0.29) is 6.04 Å². The third-order valence-electron chi connectivity index (χ3n) is 3.71. The molecule has 0 spiro atoms. The molecule has 1 aromatic heterocycles. The second kappa shape index (κ2) is 5.68. The Morgan fingerprint density at radius 2 is 2.25 bits per heavy atom. The fourth-order valence-electron chi connectivity index (χ4n) is 2.65. The second-order valence-corrected chi connectivity index (χ2v) is 6.29. The van der Waals surface area contributed by atoms with Crippen LogP contribution in [0.4, 0.5) is 0 Å². The van der Waals surface area contributed by atoms with Gasteiger partial charge >= 0.3 is 0 Å². The first kappa shape index (κ1) is 13.8. The molecule has 106 valence electrons. The number of aryl methyl sites for hydroxylation is 1. The molecule has 0 saturated carbocycles. The first-order valence-corrected chi connectivity index (χ1v) is 7.67. The van der Waals surface area contributed by atoms with Gasteiger partial charge in [-0.2, -0.15) is 0 Å². The molecule has 0 aliphatic carbocycles. The second-order valence-electron chi connectivity index (χ2n) is 5.37. The number of nitrogens with one attached hydrogen (secondary N) is 2. The first-order chi connectivity index (χ1) is 9.63. The van der Waals surface area contributed by atoms with Gasteiger partial charge in [-0.25, -0.2) is 4.98 Å². The average molecular weight is 335 g/mol. The van der Waals surface area contributed by atoms with Gasteiger partial charge < -0.3 is 15.2 Å². The summed E-state index contributed by atoms with van der Waals surface area (Å²) < 4.78 is 1.08. The Hall–Kier alpha value is -1.17. The zero-order chi connectivity index (χ0) is 14.1. The highest BCUT2D eigenvalue weighted by Crippen LogP contribution is 2.26. The van der Waals surface area contributed by atoms with Crippen LogP contribution < -0.4 is 5.32 Å².